The molecule has 0 radical (unpaired) electrons. The fraction of sp³-hybridized carbons (Fsp3) is 0.214. The van der Waals surface area contributed by atoms with Gasteiger partial charge in [-0.3, -0.25) is 0 Å². The molecule has 0 N–H and O–H groups in total. The fourth-order valence-electron chi connectivity index (χ4n) is 1.83. The average molecular weight is 343 g/mol. The Morgan fingerprint density at radius 3 is 2.45 bits per heavy atom. The molecule has 1 aromatic heterocycles. The van der Waals surface area contributed by atoms with Crippen LogP contribution >= 0.6 is 11.6 Å². The van der Waals surface area contributed by atoms with Gasteiger partial charge in [-0.05, 0) is 36.4 Å². The van der Waals surface area contributed by atoms with Crippen LogP contribution in [0.3, 0.4) is 0 Å². The summed E-state index contributed by atoms with van der Waals surface area (Å²) in [6, 6.07) is 8.89. The number of carbonyl (C=O) groups is 1. The molecule has 8 heteroatoms. The van der Waals surface area contributed by atoms with Gasteiger partial charge < -0.3 is 14.3 Å². The maximum Gasteiger partial charge on any atom is 0.243 e. The van der Waals surface area contributed by atoms with Gasteiger partial charge in [0, 0.05) is 24.0 Å². The first-order valence-electron chi connectivity index (χ1n) is 6.37. The van der Waals surface area contributed by atoms with Gasteiger partial charge in [0.2, 0.25) is 10.0 Å². The molecule has 6 nitrogen and oxygen atoms in total. The Bertz CT molecular complexity index is 725. The number of furan rings is 1. The van der Waals surface area contributed by atoms with Gasteiger partial charge >= 0.3 is 0 Å². The predicted molar refractivity (Wildman–Crippen MR) is 77.4 cm³/mol. The SMILES string of the molecule is O=C([O-])CCN(Cc1ccco1)S(=O)(=O)c1ccc(Cl)cc1. The number of hydrogen-bond acceptors (Lipinski definition) is 5. The molecule has 118 valence electrons. The molecule has 0 aliphatic heterocycles. The van der Waals surface area contributed by atoms with E-state index in [1.807, 2.05) is 0 Å². The lowest BCUT2D eigenvalue weighted by atomic mass is 10.4. The molecule has 1 aromatic carbocycles. The summed E-state index contributed by atoms with van der Waals surface area (Å²) in [4.78, 5) is 10.7. The first-order chi connectivity index (χ1) is 10.4. The van der Waals surface area contributed by atoms with Gasteiger partial charge in [-0.15, -0.1) is 0 Å². The lowest BCUT2D eigenvalue weighted by Gasteiger charge is -2.21. The molecule has 22 heavy (non-hydrogen) atoms. The molecule has 0 amide bonds. The van der Waals surface area contributed by atoms with Crippen LogP contribution in [-0.4, -0.2) is 25.2 Å². The van der Waals surface area contributed by atoms with Crippen LogP contribution in [0.2, 0.25) is 5.02 Å². The van der Waals surface area contributed by atoms with E-state index in [2.05, 4.69) is 0 Å². The summed E-state index contributed by atoms with van der Waals surface area (Å²) >= 11 is 5.75. The van der Waals surface area contributed by atoms with Crippen molar-refractivity contribution in [2.24, 2.45) is 0 Å². The molecule has 0 saturated heterocycles. The highest BCUT2D eigenvalue weighted by Gasteiger charge is 2.25. The summed E-state index contributed by atoms with van der Waals surface area (Å²) in [7, 11) is -3.87. The van der Waals surface area contributed by atoms with Crippen LogP contribution in [0, 0.1) is 0 Å². The number of nitrogens with zero attached hydrogens (tertiary/aromatic N) is 1. The minimum atomic E-state index is -3.87. The Balaban J connectivity index is 2.29. The van der Waals surface area contributed by atoms with Crippen molar-refractivity contribution >= 4 is 27.6 Å². The van der Waals surface area contributed by atoms with Crippen molar-refractivity contribution in [1.29, 1.82) is 0 Å². The van der Waals surface area contributed by atoms with Gasteiger partial charge in [0.1, 0.15) is 5.76 Å². The largest absolute Gasteiger partial charge is 0.550 e. The van der Waals surface area contributed by atoms with Crippen LogP contribution in [0.1, 0.15) is 12.2 Å². The van der Waals surface area contributed by atoms with Crippen molar-refractivity contribution in [2.45, 2.75) is 17.9 Å². The van der Waals surface area contributed by atoms with E-state index in [-0.39, 0.29) is 18.0 Å². The molecule has 0 fully saturated rings. The number of aliphatic carboxylic acids is 1. The van der Waals surface area contributed by atoms with Gasteiger partial charge in [0.25, 0.3) is 0 Å². The molecule has 0 atom stereocenters. The summed E-state index contributed by atoms with van der Waals surface area (Å²) in [5.74, 6) is -0.911. The second-order valence-corrected chi connectivity index (χ2v) is 6.87. The summed E-state index contributed by atoms with van der Waals surface area (Å²) in [6.45, 7) is -0.279. The van der Waals surface area contributed by atoms with Crippen molar-refractivity contribution in [2.75, 3.05) is 6.54 Å². The quantitative estimate of drug-likeness (QED) is 0.755. The highest BCUT2D eigenvalue weighted by atomic mass is 35.5. The van der Waals surface area contributed by atoms with E-state index in [4.69, 9.17) is 16.0 Å². The minimum Gasteiger partial charge on any atom is -0.550 e. The van der Waals surface area contributed by atoms with Crippen molar-refractivity contribution < 1.29 is 22.7 Å². The van der Waals surface area contributed by atoms with E-state index in [1.165, 1.54) is 30.5 Å². The number of benzene rings is 1. The molecule has 2 rings (SSSR count). The zero-order chi connectivity index (χ0) is 16.2. The lowest BCUT2D eigenvalue weighted by Crippen LogP contribution is -2.35. The highest BCUT2D eigenvalue weighted by Crippen LogP contribution is 2.21. The van der Waals surface area contributed by atoms with Gasteiger partial charge in [-0.25, -0.2) is 8.42 Å². The van der Waals surface area contributed by atoms with Crippen LogP contribution in [0.25, 0.3) is 0 Å². The van der Waals surface area contributed by atoms with Gasteiger partial charge in [0.05, 0.1) is 17.7 Å². The van der Waals surface area contributed by atoms with E-state index in [9.17, 15) is 18.3 Å². The number of carboxylic acid groups (broad SMARTS) is 1. The topological polar surface area (TPSA) is 90.7 Å². The van der Waals surface area contributed by atoms with Crippen molar-refractivity contribution in [1.82, 2.24) is 4.31 Å². The van der Waals surface area contributed by atoms with Crippen LogP contribution in [0.4, 0.5) is 0 Å². The highest BCUT2D eigenvalue weighted by molar-refractivity contribution is 7.89. The second-order valence-electron chi connectivity index (χ2n) is 4.49. The number of carbonyl (C=O) groups excluding carboxylic acids is 1. The Morgan fingerprint density at radius 1 is 1.23 bits per heavy atom. The van der Waals surface area contributed by atoms with Gasteiger partial charge in [-0.2, -0.15) is 4.31 Å². The normalized spacial score (nSPS) is 11.7. The van der Waals surface area contributed by atoms with Crippen LogP contribution in [0.15, 0.2) is 52.0 Å². The summed E-state index contributed by atoms with van der Waals surface area (Å²) in [6.07, 6.45) is 1.01. The monoisotopic (exact) mass is 342 g/mol. The maximum absolute atomic E-state index is 12.6. The van der Waals surface area contributed by atoms with Crippen LogP contribution in [0.5, 0.6) is 0 Å². The smallest absolute Gasteiger partial charge is 0.243 e. The second kappa shape index (κ2) is 6.95. The van der Waals surface area contributed by atoms with E-state index >= 15 is 0 Å². The van der Waals surface area contributed by atoms with Crippen LogP contribution < -0.4 is 5.11 Å². The molecule has 0 spiro atoms. The van der Waals surface area contributed by atoms with Crippen molar-refractivity contribution in [3.8, 4) is 0 Å². The molecular weight excluding hydrogens is 330 g/mol. The van der Waals surface area contributed by atoms with Gasteiger partial charge in [0.15, 0.2) is 0 Å². The standard InChI is InChI=1S/C14H14ClNO5S/c15-11-3-5-13(6-4-11)22(19,20)16(8-7-14(17)18)10-12-2-1-9-21-12/h1-6,9H,7-8,10H2,(H,17,18)/p-1. The zero-order valence-electron chi connectivity index (χ0n) is 11.4. The van der Waals surface area contributed by atoms with E-state index < -0.39 is 22.4 Å². The van der Waals surface area contributed by atoms with E-state index in [0.29, 0.717) is 10.8 Å². The number of sulfonamides is 1. The van der Waals surface area contributed by atoms with Crippen LogP contribution in [-0.2, 0) is 21.4 Å². The average Bonchev–Trinajstić information content (AvgIpc) is 2.96. The molecule has 0 saturated carbocycles. The minimum absolute atomic E-state index is 0.0294. The molecule has 0 bridgehead atoms. The maximum atomic E-state index is 12.6. The van der Waals surface area contributed by atoms with E-state index in [1.54, 1.807) is 12.1 Å². The molecule has 0 aliphatic rings. The number of carboxylic acids is 1. The predicted octanol–water partition coefficient (Wildman–Crippen LogP) is 1.26. The summed E-state index contributed by atoms with van der Waals surface area (Å²) in [5, 5.41) is 11.0. The molecule has 2 aromatic rings. The number of hydrogen-bond donors (Lipinski definition) is 0. The fourth-order valence-corrected chi connectivity index (χ4v) is 3.37. The summed E-state index contributed by atoms with van der Waals surface area (Å²) < 4.78 is 31.4. The number of halogens is 1. The third kappa shape index (κ3) is 4.09. The van der Waals surface area contributed by atoms with E-state index in [0.717, 1.165) is 4.31 Å². The Labute approximate surface area is 133 Å². The third-order valence-electron chi connectivity index (χ3n) is 2.93. The molecule has 0 aliphatic carbocycles. The first kappa shape index (κ1) is 16.5. The summed E-state index contributed by atoms with van der Waals surface area (Å²) in [5.41, 5.74) is 0. The van der Waals surface area contributed by atoms with Crippen molar-refractivity contribution in [3.63, 3.8) is 0 Å². The number of rotatable bonds is 7. The molecule has 0 unspecified atom stereocenters. The van der Waals surface area contributed by atoms with Crippen molar-refractivity contribution in [3.05, 3.63) is 53.4 Å². The Kier molecular flexibility index (Phi) is 5.23. The molecular formula is C14H13ClNO5S-. The lowest BCUT2D eigenvalue weighted by molar-refractivity contribution is -0.305. The zero-order valence-corrected chi connectivity index (χ0v) is 13.0. The Hall–Kier alpha value is -1.83. The third-order valence-corrected chi connectivity index (χ3v) is 5.04. The van der Waals surface area contributed by atoms with Gasteiger partial charge in [-0.1, -0.05) is 11.6 Å². The molecule has 1 heterocycles. The Morgan fingerprint density at radius 2 is 1.91 bits per heavy atom. The first-order valence-corrected chi connectivity index (χ1v) is 8.19.